The number of nitrogens with zero attached hydrogens (tertiary/aromatic N) is 1. The van der Waals surface area contributed by atoms with Gasteiger partial charge in [0, 0.05) is 23.8 Å². The van der Waals surface area contributed by atoms with Crippen LogP contribution in [0.5, 0.6) is 0 Å². The van der Waals surface area contributed by atoms with Gasteiger partial charge in [-0.1, -0.05) is 66.7 Å². The highest BCUT2D eigenvalue weighted by molar-refractivity contribution is 6.00. The number of hydrogen-bond acceptors (Lipinski definition) is 4. The van der Waals surface area contributed by atoms with Gasteiger partial charge in [-0.25, -0.2) is 9.59 Å². The number of benzene rings is 4. The van der Waals surface area contributed by atoms with Crippen molar-refractivity contribution in [3.05, 3.63) is 113 Å². The van der Waals surface area contributed by atoms with Crippen molar-refractivity contribution in [3.8, 4) is 11.1 Å². The number of carbonyl (C=O) groups excluding carboxylic acids is 1. The maximum absolute atomic E-state index is 12.7. The molecule has 2 aliphatic rings. The van der Waals surface area contributed by atoms with Gasteiger partial charge in [0.05, 0.1) is 11.3 Å². The monoisotopic (exact) mass is 476 g/mol. The van der Waals surface area contributed by atoms with E-state index in [2.05, 4.69) is 40.5 Å². The number of anilines is 3. The molecule has 0 atom stereocenters. The molecule has 0 fully saturated rings. The van der Waals surface area contributed by atoms with E-state index in [0.29, 0.717) is 0 Å². The zero-order valence-electron chi connectivity index (χ0n) is 19.5. The van der Waals surface area contributed by atoms with E-state index in [1.807, 2.05) is 48.5 Å². The molecule has 36 heavy (non-hydrogen) atoms. The fraction of sp³-hybridized carbons (Fsp3) is 0.133. The van der Waals surface area contributed by atoms with Crippen molar-refractivity contribution in [1.82, 2.24) is 0 Å². The van der Waals surface area contributed by atoms with Crippen molar-refractivity contribution >= 4 is 29.1 Å². The third-order valence-electron chi connectivity index (χ3n) is 7.01. The van der Waals surface area contributed by atoms with Gasteiger partial charge in [0.1, 0.15) is 6.61 Å². The summed E-state index contributed by atoms with van der Waals surface area (Å²) in [5.74, 6) is -1.18. The van der Waals surface area contributed by atoms with Gasteiger partial charge in [-0.15, -0.1) is 0 Å². The Hall–Kier alpha value is -4.58. The zero-order chi connectivity index (χ0) is 24.6. The molecular formula is C30H24N2O4. The molecule has 0 saturated carbocycles. The van der Waals surface area contributed by atoms with Crippen molar-refractivity contribution in [1.29, 1.82) is 0 Å². The molecule has 6 nitrogen and oxygen atoms in total. The van der Waals surface area contributed by atoms with Crippen LogP contribution in [0.15, 0.2) is 91.0 Å². The van der Waals surface area contributed by atoms with Gasteiger partial charge in [-0.05, 0) is 58.5 Å². The third-order valence-corrected chi connectivity index (χ3v) is 7.01. The minimum atomic E-state index is -1.11. The maximum Gasteiger partial charge on any atom is 0.411 e. The molecule has 6 heteroatoms. The summed E-state index contributed by atoms with van der Waals surface area (Å²) >= 11 is 0. The molecule has 1 heterocycles. The molecule has 4 aromatic carbocycles. The van der Waals surface area contributed by atoms with E-state index in [1.165, 1.54) is 5.56 Å². The fourth-order valence-electron chi connectivity index (χ4n) is 5.34. The van der Waals surface area contributed by atoms with Crippen LogP contribution in [0.1, 0.15) is 33.0 Å². The lowest BCUT2D eigenvalue weighted by atomic mass is 9.98. The molecule has 0 aromatic heterocycles. The predicted molar refractivity (Wildman–Crippen MR) is 139 cm³/mol. The summed E-state index contributed by atoms with van der Waals surface area (Å²) in [6.45, 7) is 0.933. The highest BCUT2D eigenvalue weighted by atomic mass is 16.5. The Morgan fingerprint density at radius 3 is 2.28 bits per heavy atom. The summed E-state index contributed by atoms with van der Waals surface area (Å²) < 4.78 is 5.60. The molecule has 6 rings (SSSR count). The number of fused-ring (bicyclic) bond motifs is 4. The van der Waals surface area contributed by atoms with Crippen molar-refractivity contribution in [2.75, 3.05) is 23.4 Å². The van der Waals surface area contributed by atoms with Crippen LogP contribution >= 0.6 is 0 Å². The summed E-state index contributed by atoms with van der Waals surface area (Å²) in [6, 6.07) is 29.4. The van der Waals surface area contributed by atoms with E-state index in [-0.39, 0.29) is 23.8 Å². The van der Waals surface area contributed by atoms with E-state index < -0.39 is 12.1 Å². The Kier molecular flexibility index (Phi) is 5.41. The fourth-order valence-corrected chi connectivity index (χ4v) is 5.34. The van der Waals surface area contributed by atoms with Crippen LogP contribution in [0.25, 0.3) is 11.1 Å². The molecule has 2 N–H and O–H groups in total. The summed E-state index contributed by atoms with van der Waals surface area (Å²) in [6.07, 6.45) is 0.219. The van der Waals surface area contributed by atoms with E-state index in [1.54, 1.807) is 12.1 Å². The summed E-state index contributed by atoms with van der Waals surface area (Å²) in [5.41, 5.74) is 7.84. The normalized spacial score (nSPS) is 13.6. The molecule has 1 aliphatic carbocycles. The number of para-hydroxylation sites is 1. The number of carbonyl (C=O) groups is 2. The van der Waals surface area contributed by atoms with Gasteiger partial charge in [-0.2, -0.15) is 0 Å². The van der Waals surface area contributed by atoms with Crippen LogP contribution in [0.4, 0.5) is 21.9 Å². The first-order chi connectivity index (χ1) is 17.6. The summed E-state index contributed by atoms with van der Waals surface area (Å²) in [7, 11) is 0. The van der Waals surface area contributed by atoms with Gasteiger partial charge in [0.15, 0.2) is 0 Å². The Labute approximate surface area is 208 Å². The van der Waals surface area contributed by atoms with E-state index >= 15 is 0 Å². The number of carboxylic acids is 1. The number of aromatic carboxylic acids is 1. The molecular weight excluding hydrogens is 452 g/mol. The molecule has 0 saturated heterocycles. The Bertz CT molecular complexity index is 1450. The highest BCUT2D eigenvalue weighted by Crippen LogP contribution is 2.44. The molecule has 1 aliphatic heterocycles. The topological polar surface area (TPSA) is 78.9 Å². The quantitative estimate of drug-likeness (QED) is 0.347. The van der Waals surface area contributed by atoms with Crippen LogP contribution < -0.4 is 10.2 Å². The van der Waals surface area contributed by atoms with Crippen LogP contribution in [-0.4, -0.2) is 30.3 Å². The van der Waals surface area contributed by atoms with Gasteiger partial charge in [-0.3, -0.25) is 5.32 Å². The predicted octanol–water partition coefficient (Wildman–Crippen LogP) is 6.44. The molecule has 0 bridgehead atoms. The average Bonchev–Trinajstić information content (AvgIpc) is 3.47. The number of carboxylic acid groups (broad SMARTS) is 1. The van der Waals surface area contributed by atoms with Gasteiger partial charge < -0.3 is 14.7 Å². The molecule has 0 spiro atoms. The van der Waals surface area contributed by atoms with Crippen LogP contribution in [0.3, 0.4) is 0 Å². The lowest BCUT2D eigenvalue weighted by Crippen LogP contribution is -2.20. The number of nitrogens with one attached hydrogen (secondary N) is 1. The van der Waals surface area contributed by atoms with Crippen molar-refractivity contribution in [2.24, 2.45) is 0 Å². The van der Waals surface area contributed by atoms with Gasteiger partial charge >= 0.3 is 12.1 Å². The first-order valence-electron chi connectivity index (χ1n) is 11.9. The van der Waals surface area contributed by atoms with E-state index in [0.717, 1.165) is 46.6 Å². The highest BCUT2D eigenvalue weighted by Gasteiger charge is 2.29. The number of ether oxygens (including phenoxy) is 1. The Morgan fingerprint density at radius 2 is 1.56 bits per heavy atom. The Morgan fingerprint density at radius 1 is 0.889 bits per heavy atom. The van der Waals surface area contributed by atoms with Crippen molar-refractivity contribution in [2.45, 2.75) is 12.3 Å². The van der Waals surface area contributed by atoms with Crippen molar-refractivity contribution in [3.63, 3.8) is 0 Å². The molecule has 0 radical (unpaired) electrons. The third kappa shape index (κ3) is 3.77. The SMILES string of the molecule is O=C(Nc1ccc(N2CCc3ccccc32)cc1C(=O)O)OCC1c2ccccc2-c2ccccc21. The second kappa shape index (κ2) is 8.89. The average molecular weight is 477 g/mol. The van der Waals surface area contributed by atoms with E-state index in [9.17, 15) is 14.7 Å². The Balaban J connectivity index is 1.20. The van der Waals surface area contributed by atoms with Crippen LogP contribution in [0.2, 0.25) is 0 Å². The lowest BCUT2D eigenvalue weighted by Gasteiger charge is -2.21. The number of rotatable bonds is 5. The van der Waals surface area contributed by atoms with Gasteiger partial charge in [0.2, 0.25) is 0 Å². The molecule has 4 aromatic rings. The number of amides is 1. The molecule has 1 amide bonds. The zero-order valence-corrected chi connectivity index (χ0v) is 19.5. The molecule has 0 unspecified atom stereocenters. The van der Waals surface area contributed by atoms with Crippen LogP contribution in [-0.2, 0) is 11.2 Å². The standard InChI is InChI=1S/C30H24N2O4/c33-29(34)25-17-20(32-16-15-19-7-1-6-12-28(19)32)13-14-27(25)31-30(35)36-18-26-23-10-4-2-8-21(23)22-9-3-5-11-24(22)26/h1-14,17,26H,15-16,18H2,(H,31,35)(H,33,34). The summed E-state index contributed by atoms with van der Waals surface area (Å²) in [5, 5.41) is 12.5. The van der Waals surface area contributed by atoms with Crippen molar-refractivity contribution < 1.29 is 19.4 Å². The van der Waals surface area contributed by atoms with Gasteiger partial charge in [0.25, 0.3) is 0 Å². The second-order valence-electron chi connectivity index (χ2n) is 9.02. The summed E-state index contributed by atoms with van der Waals surface area (Å²) in [4.78, 5) is 26.9. The largest absolute Gasteiger partial charge is 0.478 e. The maximum atomic E-state index is 12.7. The lowest BCUT2D eigenvalue weighted by molar-refractivity contribution is 0.0698. The minimum absolute atomic E-state index is 0.0189. The van der Waals surface area contributed by atoms with Crippen LogP contribution in [0, 0.1) is 0 Å². The molecule has 178 valence electrons. The number of hydrogen-bond donors (Lipinski definition) is 2. The minimum Gasteiger partial charge on any atom is -0.478 e. The second-order valence-corrected chi connectivity index (χ2v) is 9.02. The van der Waals surface area contributed by atoms with E-state index in [4.69, 9.17) is 4.74 Å². The first-order valence-corrected chi connectivity index (χ1v) is 11.9. The smallest absolute Gasteiger partial charge is 0.411 e. The first kappa shape index (κ1) is 21.9.